The molecule has 1 aliphatic rings. The topological polar surface area (TPSA) is 58.0 Å². The summed E-state index contributed by atoms with van der Waals surface area (Å²) < 4.78 is 0. The summed E-state index contributed by atoms with van der Waals surface area (Å²) in [4.78, 5) is 11.4. The highest BCUT2D eigenvalue weighted by Gasteiger charge is 2.33. The molecule has 3 aromatic rings. The summed E-state index contributed by atoms with van der Waals surface area (Å²) in [7, 11) is 0. The molecule has 0 saturated carbocycles. The zero-order valence-corrected chi connectivity index (χ0v) is 18.4. The van der Waals surface area contributed by atoms with Crippen molar-refractivity contribution < 1.29 is 5.11 Å². The molecule has 0 spiro atoms. The molecule has 1 atom stereocenters. The largest absolute Gasteiger partial charge is 0.508 e. The van der Waals surface area contributed by atoms with Crippen LogP contribution in [0.25, 0.3) is 10.4 Å². The molecule has 1 aliphatic heterocycles. The van der Waals surface area contributed by atoms with Crippen molar-refractivity contribution in [2.45, 2.75) is 25.4 Å². The maximum atomic E-state index is 9.54. The Labute approximate surface area is 175 Å². The molecule has 1 aromatic carbocycles. The van der Waals surface area contributed by atoms with Crippen molar-refractivity contribution in [1.29, 1.82) is 0 Å². The fourth-order valence-corrected chi connectivity index (χ4v) is 10.3. The highest BCUT2D eigenvalue weighted by molar-refractivity contribution is 8.15. The van der Waals surface area contributed by atoms with E-state index >= 15 is 0 Å². The number of aromatic hydroxyl groups is 1. The van der Waals surface area contributed by atoms with Gasteiger partial charge in [0, 0.05) is 22.0 Å². The molecule has 0 aliphatic carbocycles. The van der Waals surface area contributed by atoms with Gasteiger partial charge in [-0.05, 0) is 80.1 Å². The van der Waals surface area contributed by atoms with Gasteiger partial charge >= 0.3 is 0 Å². The van der Waals surface area contributed by atoms with Gasteiger partial charge in [0.15, 0.2) is 0 Å². The maximum Gasteiger partial charge on any atom is 0.144 e. The summed E-state index contributed by atoms with van der Waals surface area (Å²) >= 11 is 8.08. The first-order valence-corrected chi connectivity index (χ1v) is 13.6. The van der Waals surface area contributed by atoms with Crippen LogP contribution in [0.5, 0.6) is 5.75 Å². The molecule has 0 bridgehead atoms. The van der Waals surface area contributed by atoms with Gasteiger partial charge in [-0.15, -0.1) is 11.3 Å². The average Bonchev–Trinajstić information content (AvgIpc) is 3.34. The Bertz CT molecular complexity index is 976. The number of thiophene rings is 1. The molecule has 3 heterocycles. The van der Waals surface area contributed by atoms with Gasteiger partial charge in [0.2, 0.25) is 0 Å². The summed E-state index contributed by atoms with van der Waals surface area (Å²) in [6.45, 7) is 2.75. The van der Waals surface area contributed by atoms with Crippen molar-refractivity contribution in [2.24, 2.45) is 0 Å². The second-order valence-corrected chi connectivity index (χ2v) is 14.0. The van der Waals surface area contributed by atoms with Crippen LogP contribution in [0.2, 0.25) is 0 Å². The first kappa shape index (κ1) is 19.6. The number of hydrogen-bond donors (Lipinski definition) is 2. The zero-order chi connectivity index (χ0) is 19.6. The van der Waals surface area contributed by atoms with Gasteiger partial charge in [-0.1, -0.05) is 11.8 Å². The summed E-state index contributed by atoms with van der Waals surface area (Å²) in [6, 6.07) is 10.4. The predicted molar refractivity (Wildman–Crippen MR) is 123 cm³/mol. The molecule has 0 radical (unpaired) electrons. The lowest BCUT2D eigenvalue weighted by Gasteiger charge is -2.27. The lowest BCUT2D eigenvalue weighted by molar-refractivity contribution is 0.475. The Kier molecular flexibility index (Phi) is 5.81. The molecule has 146 valence electrons. The molecule has 28 heavy (non-hydrogen) atoms. The lowest BCUT2D eigenvalue weighted by atomic mass is 10.2. The van der Waals surface area contributed by atoms with Gasteiger partial charge in [0.25, 0.3) is 0 Å². The van der Waals surface area contributed by atoms with Crippen molar-refractivity contribution >= 4 is 35.0 Å². The number of nitrogens with zero attached hydrogens (tertiary/aromatic N) is 2. The van der Waals surface area contributed by atoms with Crippen molar-refractivity contribution in [2.75, 3.05) is 24.2 Å². The summed E-state index contributed by atoms with van der Waals surface area (Å²) in [6.07, 6.45) is 8.50. The molecule has 2 aromatic heterocycles. The van der Waals surface area contributed by atoms with Gasteiger partial charge in [-0.3, -0.25) is 4.98 Å². The number of aryl methyl sites for hydroxylation is 1. The second-order valence-electron chi connectivity index (χ2n) is 7.30. The van der Waals surface area contributed by atoms with Crippen molar-refractivity contribution in [3.8, 4) is 16.2 Å². The van der Waals surface area contributed by atoms with Crippen LogP contribution in [0, 0.1) is 6.92 Å². The van der Waals surface area contributed by atoms with Crippen molar-refractivity contribution in [1.82, 2.24) is 9.97 Å². The number of benzene rings is 1. The van der Waals surface area contributed by atoms with E-state index in [4.69, 9.17) is 11.8 Å². The first-order valence-electron chi connectivity index (χ1n) is 9.53. The molecule has 1 saturated heterocycles. The average molecular weight is 430 g/mol. The number of hydrogen-bond acceptors (Lipinski definition) is 6. The van der Waals surface area contributed by atoms with E-state index in [1.54, 1.807) is 24.5 Å². The number of rotatable bonds is 6. The van der Waals surface area contributed by atoms with Crippen LogP contribution in [-0.4, -0.2) is 33.9 Å². The normalized spacial score (nSPS) is 16.8. The van der Waals surface area contributed by atoms with Gasteiger partial charge < -0.3 is 10.4 Å². The third kappa shape index (κ3) is 4.29. The lowest BCUT2D eigenvalue weighted by Crippen LogP contribution is -2.14. The number of anilines is 1. The first-order chi connectivity index (χ1) is 13.5. The summed E-state index contributed by atoms with van der Waals surface area (Å²) in [5.74, 6) is 1.11. The minimum absolute atomic E-state index is 0.295. The minimum Gasteiger partial charge on any atom is -0.508 e. The van der Waals surface area contributed by atoms with E-state index in [0.717, 1.165) is 23.6 Å². The highest BCUT2D eigenvalue weighted by Crippen LogP contribution is 2.64. The Morgan fingerprint density at radius 1 is 1.11 bits per heavy atom. The van der Waals surface area contributed by atoms with E-state index in [2.05, 4.69) is 27.4 Å². The van der Waals surface area contributed by atoms with Crippen LogP contribution < -0.4 is 5.32 Å². The molecule has 2 N–H and O–H groups in total. The Morgan fingerprint density at radius 2 is 1.86 bits per heavy atom. The van der Waals surface area contributed by atoms with Crippen LogP contribution in [0.4, 0.5) is 5.82 Å². The molecular formula is C21H24N3OPS2. The maximum absolute atomic E-state index is 9.54. The molecule has 0 amide bonds. The van der Waals surface area contributed by atoms with Crippen LogP contribution in [0.1, 0.15) is 29.1 Å². The van der Waals surface area contributed by atoms with Gasteiger partial charge in [-0.25, -0.2) is 4.98 Å². The molecule has 1 unspecified atom stereocenters. The second kappa shape index (κ2) is 8.32. The van der Waals surface area contributed by atoms with E-state index in [0.29, 0.717) is 11.4 Å². The van der Waals surface area contributed by atoms with Crippen molar-refractivity contribution in [3.05, 3.63) is 59.4 Å². The van der Waals surface area contributed by atoms with E-state index < -0.39 is 6.04 Å². The fourth-order valence-electron chi connectivity index (χ4n) is 3.68. The van der Waals surface area contributed by atoms with Crippen LogP contribution in [-0.2, 0) is 11.8 Å². The monoisotopic (exact) mass is 429 g/mol. The van der Waals surface area contributed by atoms with E-state index in [-0.39, 0.29) is 0 Å². The number of phenolic OH excluding ortho intramolecular Hbond substituents is 1. The van der Waals surface area contributed by atoms with Crippen molar-refractivity contribution in [3.63, 3.8) is 0 Å². The zero-order valence-electron chi connectivity index (χ0n) is 15.8. The Balaban J connectivity index is 1.59. The number of aromatic nitrogens is 2. The van der Waals surface area contributed by atoms with Gasteiger partial charge in [-0.2, -0.15) is 0 Å². The molecular weight excluding hydrogens is 405 g/mol. The Morgan fingerprint density at radius 3 is 2.54 bits per heavy atom. The van der Waals surface area contributed by atoms with Gasteiger partial charge in [0.05, 0.1) is 18.1 Å². The minimum atomic E-state index is -1.44. The van der Waals surface area contributed by atoms with Gasteiger partial charge in [0.1, 0.15) is 11.6 Å². The summed E-state index contributed by atoms with van der Waals surface area (Å²) in [5.41, 5.74) is 2.42. The van der Waals surface area contributed by atoms with Crippen LogP contribution in [0.15, 0.2) is 48.8 Å². The molecule has 7 heteroatoms. The number of nitrogens with one attached hydrogen (secondary N) is 1. The Hall–Kier alpha value is -1.75. The molecule has 4 rings (SSSR count). The number of phenols is 1. The predicted octanol–water partition coefficient (Wildman–Crippen LogP) is 5.65. The smallest absolute Gasteiger partial charge is 0.144 e. The quantitative estimate of drug-likeness (QED) is 0.496. The summed E-state index contributed by atoms with van der Waals surface area (Å²) in [5, 5.41) is 13.0. The molecule has 1 fully saturated rings. The van der Waals surface area contributed by atoms with E-state index in [1.807, 2.05) is 30.4 Å². The third-order valence-electron chi connectivity index (χ3n) is 5.26. The highest BCUT2D eigenvalue weighted by atomic mass is 32.4. The van der Waals surface area contributed by atoms with Crippen LogP contribution >= 0.6 is 17.4 Å². The third-order valence-corrected chi connectivity index (χ3v) is 12.3. The van der Waals surface area contributed by atoms with E-state index in [9.17, 15) is 5.11 Å². The fraction of sp³-hybridized carbons (Fsp3) is 0.333. The molecule has 4 nitrogen and oxygen atoms in total. The SMILES string of the molecule is Cc1cnc(NCC(c2ccc(-c3ccc(O)cc3)s2)P2(=S)CCCC2)cn1. The van der Waals surface area contributed by atoms with Crippen LogP contribution in [0.3, 0.4) is 0 Å². The standard InChI is InChI=1S/C21H24N3OPS2/c1-15-12-23-21(14-22-15)24-13-18(26(27)10-2-3-11-26)20-9-8-19(28-20)16-4-6-17(25)7-5-16/h4-9,12,14,18,25H,2-3,10-11,13H2,1H3,(H,23,24). The van der Waals surface area contributed by atoms with E-state index in [1.165, 1.54) is 34.9 Å².